The van der Waals surface area contributed by atoms with Gasteiger partial charge in [-0.15, -0.1) is 0 Å². The summed E-state index contributed by atoms with van der Waals surface area (Å²) in [5.41, 5.74) is 1.58. The highest BCUT2D eigenvalue weighted by atomic mass is 35.5. The van der Waals surface area contributed by atoms with Gasteiger partial charge in [0.15, 0.2) is 0 Å². The predicted molar refractivity (Wildman–Crippen MR) is 74.8 cm³/mol. The lowest BCUT2D eigenvalue weighted by molar-refractivity contribution is 0.449. The van der Waals surface area contributed by atoms with Crippen LogP contribution in [-0.2, 0) is 6.54 Å². The zero-order valence-electron chi connectivity index (χ0n) is 10.5. The summed E-state index contributed by atoms with van der Waals surface area (Å²) in [6.45, 7) is 2.47. The number of hydrogen-bond donors (Lipinski definition) is 2. The number of phenolic OH excluding ortho intramolecular Hbond substituents is 1. The topological polar surface area (TPSA) is 32.3 Å². The highest BCUT2D eigenvalue weighted by Crippen LogP contribution is 2.25. The van der Waals surface area contributed by atoms with Crippen LogP contribution in [0.5, 0.6) is 5.75 Å². The molecule has 2 rings (SSSR count). The Bertz CT molecular complexity index is 574. The molecule has 0 aromatic heterocycles. The SMILES string of the molecule is CC(NCc1cccc(Cl)c1)c1cc(F)ccc1O. The predicted octanol–water partition coefficient (Wildman–Crippen LogP) is 4.04. The molecule has 0 saturated heterocycles. The van der Waals surface area contributed by atoms with Crippen LogP contribution in [0, 0.1) is 5.82 Å². The number of phenols is 1. The first kappa shape index (κ1) is 13.8. The molecule has 2 nitrogen and oxygen atoms in total. The van der Waals surface area contributed by atoms with Crippen molar-refractivity contribution in [1.82, 2.24) is 5.32 Å². The smallest absolute Gasteiger partial charge is 0.123 e. The fourth-order valence-corrected chi connectivity index (χ4v) is 2.11. The first-order valence-corrected chi connectivity index (χ1v) is 6.40. The summed E-state index contributed by atoms with van der Waals surface area (Å²) in [7, 11) is 0. The van der Waals surface area contributed by atoms with E-state index in [1.165, 1.54) is 18.2 Å². The second-order valence-electron chi connectivity index (χ2n) is 4.44. The molecule has 4 heteroatoms. The van der Waals surface area contributed by atoms with Gasteiger partial charge in [0.25, 0.3) is 0 Å². The number of aromatic hydroxyl groups is 1. The number of rotatable bonds is 4. The zero-order valence-corrected chi connectivity index (χ0v) is 11.3. The van der Waals surface area contributed by atoms with Crippen LogP contribution in [0.1, 0.15) is 24.1 Å². The van der Waals surface area contributed by atoms with E-state index in [2.05, 4.69) is 5.32 Å². The highest BCUT2D eigenvalue weighted by molar-refractivity contribution is 6.30. The fraction of sp³-hybridized carbons (Fsp3) is 0.200. The number of halogens is 2. The third kappa shape index (κ3) is 3.69. The summed E-state index contributed by atoms with van der Waals surface area (Å²) in [4.78, 5) is 0. The van der Waals surface area contributed by atoms with Gasteiger partial charge in [-0.25, -0.2) is 4.39 Å². The van der Waals surface area contributed by atoms with E-state index in [9.17, 15) is 9.50 Å². The maximum absolute atomic E-state index is 13.2. The number of nitrogens with one attached hydrogen (secondary N) is 1. The van der Waals surface area contributed by atoms with E-state index < -0.39 is 0 Å². The molecule has 0 heterocycles. The molecule has 2 aromatic carbocycles. The molecule has 0 aliphatic heterocycles. The highest BCUT2D eigenvalue weighted by Gasteiger charge is 2.11. The van der Waals surface area contributed by atoms with Gasteiger partial charge in [-0.1, -0.05) is 23.7 Å². The molecule has 19 heavy (non-hydrogen) atoms. The van der Waals surface area contributed by atoms with Crippen LogP contribution in [0.3, 0.4) is 0 Å². The van der Waals surface area contributed by atoms with Gasteiger partial charge in [0.05, 0.1) is 0 Å². The number of hydrogen-bond acceptors (Lipinski definition) is 2. The van der Waals surface area contributed by atoms with Crippen LogP contribution < -0.4 is 5.32 Å². The van der Waals surface area contributed by atoms with Crippen LogP contribution in [0.25, 0.3) is 0 Å². The maximum atomic E-state index is 13.2. The van der Waals surface area contributed by atoms with E-state index in [4.69, 9.17) is 11.6 Å². The Hall–Kier alpha value is -1.58. The van der Waals surface area contributed by atoms with Gasteiger partial charge in [0.1, 0.15) is 11.6 Å². The third-order valence-electron chi connectivity index (χ3n) is 2.96. The summed E-state index contributed by atoms with van der Waals surface area (Å²) in [5.74, 6) is -0.267. The van der Waals surface area contributed by atoms with Crippen LogP contribution >= 0.6 is 11.6 Å². The van der Waals surface area contributed by atoms with E-state index in [1.807, 2.05) is 31.2 Å². The summed E-state index contributed by atoms with van der Waals surface area (Å²) < 4.78 is 13.2. The van der Waals surface area contributed by atoms with E-state index in [1.54, 1.807) is 0 Å². The second-order valence-corrected chi connectivity index (χ2v) is 4.87. The van der Waals surface area contributed by atoms with Crippen molar-refractivity contribution in [3.05, 3.63) is 64.4 Å². The molecule has 100 valence electrons. The minimum atomic E-state index is -0.357. The normalized spacial score (nSPS) is 12.4. The summed E-state index contributed by atoms with van der Waals surface area (Å²) in [6, 6.07) is 11.3. The molecule has 0 bridgehead atoms. The lowest BCUT2D eigenvalue weighted by Crippen LogP contribution is -2.18. The Balaban J connectivity index is 2.05. The Morgan fingerprint density at radius 3 is 2.79 bits per heavy atom. The van der Waals surface area contributed by atoms with Gasteiger partial charge in [-0.3, -0.25) is 0 Å². The average molecular weight is 280 g/mol. The van der Waals surface area contributed by atoms with Crippen LogP contribution in [0.15, 0.2) is 42.5 Å². The minimum Gasteiger partial charge on any atom is -0.508 e. The van der Waals surface area contributed by atoms with Crippen molar-refractivity contribution >= 4 is 11.6 Å². The fourth-order valence-electron chi connectivity index (χ4n) is 1.90. The minimum absolute atomic E-state index is 0.0903. The zero-order chi connectivity index (χ0) is 13.8. The maximum Gasteiger partial charge on any atom is 0.123 e. The largest absolute Gasteiger partial charge is 0.508 e. The van der Waals surface area contributed by atoms with Gasteiger partial charge < -0.3 is 10.4 Å². The molecule has 2 aromatic rings. The van der Waals surface area contributed by atoms with Crippen molar-refractivity contribution in [3.63, 3.8) is 0 Å². The first-order chi connectivity index (χ1) is 9.06. The van der Waals surface area contributed by atoms with Gasteiger partial charge in [-0.2, -0.15) is 0 Å². The molecule has 0 aliphatic rings. The van der Waals surface area contributed by atoms with Crippen molar-refractivity contribution in [3.8, 4) is 5.75 Å². The molecule has 1 unspecified atom stereocenters. The molecule has 0 saturated carbocycles. The lowest BCUT2D eigenvalue weighted by atomic mass is 10.1. The third-order valence-corrected chi connectivity index (χ3v) is 3.19. The molecule has 2 N–H and O–H groups in total. The van der Waals surface area contributed by atoms with Crippen molar-refractivity contribution in [2.24, 2.45) is 0 Å². The summed E-state index contributed by atoms with van der Waals surface area (Å²) >= 11 is 5.91. The average Bonchev–Trinajstić information content (AvgIpc) is 2.39. The van der Waals surface area contributed by atoms with Gasteiger partial charge in [0.2, 0.25) is 0 Å². The molecule has 0 amide bonds. The Labute approximate surface area is 116 Å². The van der Waals surface area contributed by atoms with E-state index in [0.29, 0.717) is 17.1 Å². The molecule has 0 spiro atoms. The Morgan fingerprint density at radius 2 is 2.05 bits per heavy atom. The number of benzene rings is 2. The molecule has 1 atom stereocenters. The van der Waals surface area contributed by atoms with E-state index in [0.717, 1.165) is 5.56 Å². The van der Waals surface area contributed by atoms with Crippen molar-refractivity contribution in [2.75, 3.05) is 0 Å². The summed E-state index contributed by atoms with van der Waals surface area (Å²) in [6.07, 6.45) is 0. The van der Waals surface area contributed by atoms with Gasteiger partial charge >= 0.3 is 0 Å². The Morgan fingerprint density at radius 1 is 1.26 bits per heavy atom. The van der Waals surface area contributed by atoms with Crippen molar-refractivity contribution < 1.29 is 9.50 Å². The standard InChI is InChI=1S/C15H15ClFNO/c1-10(14-8-13(17)5-6-15(14)19)18-9-11-3-2-4-12(16)7-11/h2-8,10,18-19H,9H2,1H3. The molecule has 0 aliphatic carbocycles. The Kier molecular flexibility index (Phi) is 4.40. The van der Waals surface area contributed by atoms with Crippen molar-refractivity contribution in [2.45, 2.75) is 19.5 Å². The van der Waals surface area contributed by atoms with Crippen LogP contribution in [0.4, 0.5) is 4.39 Å². The van der Waals surface area contributed by atoms with Gasteiger partial charge in [0, 0.05) is 23.2 Å². The quantitative estimate of drug-likeness (QED) is 0.885. The second kappa shape index (κ2) is 6.04. The van der Waals surface area contributed by atoms with Gasteiger partial charge in [-0.05, 0) is 42.8 Å². The van der Waals surface area contributed by atoms with Crippen molar-refractivity contribution in [1.29, 1.82) is 0 Å². The molecule has 0 fully saturated rings. The molecular formula is C15H15ClFNO. The van der Waals surface area contributed by atoms with E-state index >= 15 is 0 Å². The van der Waals surface area contributed by atoms with E-state index in [-0.39, 0.29) is 17.6 Å². The van der Waals surface area contributed by atoms with Crippen LogP contribution in [-0.4, -0.2) is 5.11 Å². The molecule has 0 radical (unpaired) electrons. The first-order valence-electron chi connectivity index (χ1n) is 6.02. The monoisotopic (exact) mass is 279 g/mol. The summed E-state index contributed by atoms with van der Waals surface area (Å²) in [5, 5.41) is 13.6. The lowest BCUT2D eigenvalue weighted by Gasteiger charge is -2.16. The van der Waals surface area contributed by atoms with Crippen LogP contribution in [0.2, 0.25) is 5.02 Å². The molecular weight excluding hydrogens is 265 g/mol.